The summed E-state index contributed by atoms with van der Waals surface area (Å²) in [6.45, 7) is 0.708. The Labute approximate surface area is 146 Å². The van der Waals surface area contributed by atoms with Crippen molar-refractivity contribution in [3.63, 3.8) is 0 Å². The molecule has 7 heteroatoms. The van der Waals surface area contributed by atoms with E-state index in [2.05, 4.69) is 31.5 Å². The van der Waals surface area contributed by atoms with Crippen molar-refractivity contribution in [2.24, 2.45) is 10.2 Å². The number of hydrogen-bond acceptors (Lipinski definition) is 5. The van der Waals surface area contributed by atoms with Crippen LogP contribution in [0.4, 0.5) is 5.82 Å². The number of anilines is 1. The Morgan fingerprint density at radius 1 is 1.28 bits per heavy atom. The number of terminal acetylenes is 1. The van der Waals surface area contributed by atoms with Gasteiger partial charge in [0.25, 0.3) is 0 Å². The Balaban J connectivity index is 1.42. The van der Waals surface area contributed by atoms with Crippen LogP contribution in [0.3, 0.4) is 0 Å². The summed E-state index contributed by atoms with van der Waals surface area (Å²) < 4.78 is 1.80. The molecule has 0 atom stereocenters. The highest BCUT2D eigenvalue weighted by atomic mass is 16.1. The Kier molecular flexibility index (Phi) is 5.19. The number of aryl methyl sites for hydroxylation is 2. The van der Waals surface area contributed by atoms with Gasteiger partial charge in [-0.05, 0) is 12.1 Å². The normalized spacial score (nSPS) is 14.0. The third-order valence-electron chi connectivity index (χ3n) is 4.04. The minimum absolute atomic E-state index is 0.0904. The quantitative estimate of drug-likeness (QED) is 0.715. The molecule has 7 nitrogen and oxygen atoms in total. The van der Waals surface area contributed by atoms with E-state index in [0.29, 0.717) is 38.0 Å². The summed E-state index contributed by atoms with van der Waals surface area (Å²) in [5, 5.41) is 15.2. The first-order chi connectivity index (χ1) is 12.2. The lowest BCUT2D eigenvalue weighted by Gasteiger charge is -2.08. The highest BCUT2D eigenvalue weighted by Gasteiger charge is 2.39. The zero-order valence-corrected chi connectivity index (χ0v) is 13.9. The molecule has 0 saturated carbocycles. The van der Waals surface area contributed by atoms with Crippen LogP contribution >= 0.6 is 0 Å². The van der Waals surface area contributed by atoms with Gasteiger partial charge in [0.1, 0.15) is 0 Å². The van der Waals surface area contributed by atoms with Crippen LogP contribution in [0.2, 0.25) is 0 Å². The van der Waals surface area contributed by atoms with Gasteiger partial charge in [-0.1, -0.05) is 6.07 Å². The number of nitrogens with one attached hydrogen (secondary N) is 1. The van der Waals surface area contributed by atoms with Gasteiger partial charge in [-0.2, -0.15) is 15.3 Å². The minimum atomic E-state index is -0.425. The third-order valence-corrected chi connectivity index (χ3v) is 4.04. The van der Waals surface area contributed by atoms with E-state index in [9.17, 15) is 4.79 Å². The molecule has 1 aliphatic heterocycles. The van der Waals surface area contributed by atoms with E-state index in [4.69, 9.17) is 6.42 Å². The average molecular weight is 336 g/mol. The molecule has 0 spiro atoms. The van der Waals surface area contributed by atoms with Gasteiger partial charge in [-0.3, -0.25) is 14.5 Å². The smallest absolute Gasteiger partial charge is 0.225 e. The number of aromatic nitrogens is 3. The Morgan fingerprint density at radius 2 is 2.16 bits per heavy atom. The van der Waals surface area contributed by atoms with Crippen LogP contribution in [0.5, 0.6) is 0 Å². The van der Waals surface area contributed by atoms with Crippen molar-refractivity contribution in [2.45, 2.75) is 44.3 Å². The molecule has 1 aliphatic rings. The van der Waals surface area contributed by atoms with Gasteiger partial charge in [0.15, 0.2) is 11.5 Å². The summed E-state index contributed by atoms with van der Waals surface area (Å²) in [7, 11) is 0. The largest absolute Gasteiger partial charge is 0.309 e. The first-order valence-electron chi connectivity index (χ1n) is 8.30. The molecular weight excluding hydrogens is 316 g/mol. The second kappa shape index (κ2) is 7.71. The van der Waals surface area contributed by atoms with Gasteiger partial charge in [0, 0.05) is 62.8 Å². The first-order valence-corrected chi connectivity index (χ1v) is 8.30. The van der Waals surface area contributed by atoms with Crippen molar-refractivity contribution in [1.82, 2.24) is 14.8 Å². The van der Waals surface area contributed by atoms with Crippen LogP contribution in [0, 0.1) is 12.3 Å². The molecule has 0 radical (unpaired) electrons. The van der Waals surface area contributed by atoms with Crippen LogP contribution in [-0.2, 0) is 17.8 Å². The second-order valence-electron chi connectivity index (χ2n) is 5.97. The zero-order chi connectivity index (χ0) is 17.5. The molecule has 2 aromatic heterocycles. The molecule has 0 unspecified atom stereocenters. The van der Waals surface area contributed by atoms with E-state index in [1.54, 1.807) is 16.9 Å². The van der Waals surface area contributed by atoms with Crippen molar-refractivity contribution in [1.29, 1.82) is 0 Å². The maximum Gasteiger partial charge on any atom is 0.225 e. The molecule has 0 aliphatic carbocycles. The predicted octanol–water partition coefficient (Wildman–Crippen LogP) is 2.82. The summed E-state index contributed by atoms with van der Waals surface area (Å²) in [6.07, 6.45) is 11.9. The van der Waals surface area contributed by atoms with Crippen LogP contribution in [0.1, 0.15) is 31.4 Å². The fourth-order valence-corrected chi connectivity index (χ4v) is 2.52. The number of amides is 1. The third kappa shape index (κ3) is 4.98. The highest BCUT2D eigenvalue weighted by molar-refractivity contribution is 5.89. The molecule has 2 aromatic rings. The maximum atomic E-state index is 12.1. The number of hydrogen-bond donors (Lipinski definition) is 1. The van der Waals surface area contributed by atoms with Crippen molar-refractivity contribution in [3.8, 4) is 12.3 Å². The average Bonchev–Trinajstić information content (AvgIpc) is 3.28. The maximum absolute atomic E-state index is 12.1. The molecule has 0 saturated heterocycles. The number of nitrogens with zero attached hydrogens (tertiary/aromatic N) is 5. The van der Waals surface area contributed by atoms with Crippen LogP contribution in [0.15, 0.2) is 46.9 Å². The lowest BCUT2D eigenvalue weighted by Crippen LogP contribution is -2.18. The number of pyridine rings is 1. The number of rotatable bonds is 9. The molecule has 0 fully saturated rings. The van der Waals surface area contributed by atoms with E-state index in [0.717, 1.165) is 12.1 Å². The molecule has 128 valence electrons. The van der Waals surface area contributed by atoms with Crippen molar-refractivity contribution in [3.05, 3.63) is 42.4 Å². The van der Waals surface area contributed by atoms with Gasteiger partial charge < -0.3 is 5.32 Å². The minimum Gasteiger partial charge on any atom is -0.309 e. The van der Waals surface area contributed by atoms with E-state index in [1.165, 1.54) is 0 Å². The lowest BCUT2D eigenvalue weighted by molar-refractivity contribution is -0.116. The van der Waals surface area contributed by atoms with E-state index < -0.39 is 5.66 Å². The first kappa shape index (κ1) is 16.8. The van der Waals surface area contributed by atoms with Gasteiger partial charge in [0.2, 0.25) is 5.91 Å². The summed E-state index contributed by atoms with van der Waals surface area (Å²) in [6, 6.07) is 7.63. The van der Waals surface area contributed by atoms with Crippen molar-refractivity contribution >= 4 is 11.7 Å². The fraction of sp³-hybridized carbons (Fsp3) is 0.389. The summed E-state index contributed by atoms with van der Waals surface area (Å²) in [5.74, 6) is 3.04. The van der Waals surface area contributed by atoms with Crippen LogP contribution in [0.25, 0.3) is 0 Å². The van der Waals surface area contributed by atoms with Crippen molar-refractivity contribution < 1.29 is 4.79 Å². The molecule has 1 N–H and O–H groups in total. The Morgan fingerprint density at radius 3 is 2.88 bits per heavy atom. The van der Waals surface area contributed by atoms with Gasteiger partial charge in [-0.15, -0.1) is 12.3 Å². The number of carbonyl (C=O) groups is 1. The summed E-state index contributed by atoms with van der Waals surface area (Å²) in [4.78, 5) is 16.3. The standard InChI is InChI=1S/C18H20N6O/c1-2-3-10-18(22-23-18)11-7-17(25)20-16-9-14-24(21-16)13-8-15-6-4-5-12-19-15/h1,4-6,9,12,14H,3,7-8,10-11,13H2,(H,20,21,25). The van der Waals surface area contributed by atoms with Gasteiger partial charge in [0.05, 0.1) is 0 Å². The van der Waals surface area contributed by atoms with E-state index in [1.807, 2.05) is 24.4 Å². The van der Waals surface area contributed by atoms with E-state index >= 15 is 0 Å². The summed E-state index contributed by atoms with van der Waals surface area (Å²) >= 11 is 0. The molecule has 3 rings (SSSR count). The monoisotopic (exact) mass is 336 g/mol. The van der Waals surface area contributed by atoms with Gasteiger partial charge in [-0.25, -0.2) is 0 Å². The highest BCUT2D eigenvalue weighted by Crippen LogP contribution is 2.37. The van der Waals surface area contributed by atoms with Gasteiger partial charge >= 0.3 is 0 Å². The topological polar surface area (TPSA) is 84.5 Å². The van der Waals surface area contributed by atoms with Crippen LogP contribution in [-0.4, -0.2) is 26.3 Å². The van der Waals surface area contributed by atoms with Crippen LogP contribution < -0.4 is 5.32 Å². The zero-order valence-electron chi connectivity index (χ0n) is 13.9. The molecule has 0 aromatic carbocycles. The molecule has 0 bridgehead atoms. The SMILES string of the molecule is C#CCCC1(CCC(=O)Nc2ccn(CCc3ccccn3)n2)N=N1. The van der Waals surface area contributed by atoms with E-state index in [-0.39, 0.29) is 5.91 Å². The Bertz CT molecular complexity index is 783. The summed E-state index contributed by atoms with van der Waals surface area (Å²) in [5.41, 5.74) is 0.587. The molecular formula is C18H20N6O. The van der Waals surface area contributed by atoms with Crippen molar-refractivity contribution in [2.75, 3.05) is 5.32 Å². The fourth-order valence-electron chi connectivity index (χ4n) is 2.52. The molecule has 3 heterocycles. The number of carbonyl (C=O) groups excluding carboxylic acids is 1. The molecule has 1 amide bonds. The Hall–Kier alpha value is -3.01. The second-order valence-corrected chi connectivity index (χ2v) is 5.97. The lowest BCUT2D eigenvalue weighted by atomic mass is 10.0. The molecule has 25 heavy (non-hydrogen) atoms. The predicted molar refractivity (Wildman–Crippen MR) is 93.7 cm³/mol.